The third kappa shape index (κ3) is 6.32. The van der Waals surface area contributed by atoms with Crippen molar-refractivity contribution in [2.75, 3.05) is 26.2 Å². The number of rotatable bonds is 8. The molecule has 0 spiro atoms. The predicted molar refractivity (Wildman–Crippen MR) is 112 cm³/mol. The fourth-order valence-corrected chi connectivity index (χ4v) is 4.99. The van der Waals surface area contributed by atoms with Gasteiger partial charge >= 0.3 is 6.09 Å². The van der Waals surface area contributed by atoms with Crippen molar-refractivity contribution in [3.05, 3.63) is 44.8 Å². The Morgan fingerprint density at radius 2 is 1.75 bits per heavy atom. The molecule has 1 aliphatic rings. The second kappa shape index (κ2) is 10.6. The zero-order valence-corrected chi connectivity index (χ0v) is 17.8. The van der Waals surface area contributed by atoms with Gasteiger partial charge in [-0.1, -0.05) is 12.1 Å². The summed E-state index contributed by atoms with van der Waals surface area (Å²) >= 11 is 3.47. The zero-order chi connectivity index (χ0) is 19.8. The summed E-state index contributed by atoms with van der Waals surface area (Å²) in [5.74, 6) is 0.0812. The molecule has 0 saturated carbocycles. The Bertz CT molecular complexity index is 690. The zero-order valence-electron chi connectivity index (χ0n) is 16.2. The summed E-state index contributed by atoms with van der Waals surface area (Å²) < 4.78 is 5.05. The van der Waals surface area contributed by atoms with Crippen molar-refractivity contribution in [1.82, 2.24) is 10.2 Å². The van der Waals surface area contributed by atoms with E-state index in [9.17, 15) is 9.59 Å². The Morgan fingerprint density at radius 1 is 1.14 bits per heavy atom. The lowest BCUT2D eigenvalue weighted by atomic mass is 10.1. The summed E-state index contributed by atoms with van der Waals surface area (Å²) in [5, 5.41) is 7.33. The number of amides is 2. The molecule has 2 amide bonds. The first-order valence-electron chi connectivity index (χ1n) is 9.73. The molecule has 2 aromatic rings. The van der Waals surface area contributed by atoms with E-state index in [4.69, 9.17) is 4.74 Å². The van der Waals surface area contributed by atoms with Gasteiger partial charge in [0.2, 0.25) is 0 Å². The van der Waals surface area contributed by atoms with Crippen LogP contribution in [-0.4, -0.2) is 49.2 Å². The van der Waals surface area contributed by atoms with Gasteiger partial charge in [0.05, 0.1) is 16.4 Å². The molecule has 2 N–H and O–H groups in total. The molecular formula is C20H28N3O3S2+. The molecule has 6 nitrogen and oxygen atoms in total. The number of carbonyl (C=O) groups is 2. The van der Waals surface area contributed by atoms with Gasteiger partial charge < -0.3 is 19.9 Å². The van der Waals surface area contributed by atoms with Crippen molar-refractivity contribution >= 4 is 34.7 Å². The molecule has 152 valence electrons. The molecule has 0 aliphatic carbocycles. The Balaban J connectivity index is 1.49. The highest BCUT2D eigenvalue weighted by atomic mass is 32.1. The lowest BCUT2D eigenvalue weighted by Gasteiger charge is -2.31. The number of quaternary nitrogens is 1. The van der Waals surface area contributed by atoms with Crippen LogP contribution in [-0.2, 0) is 22.6 Å². The average molecular weight is 423 g/mol. The van der Waals surface area contributed by atoms with Crippen LogP contribution in [0.5, 0.6) is 0 Å². The Hall–Kier alpha value is -1.90. The summed E-state index contributed by atoms with van der Waals surface area (Å²) in [6, 6.07) is 8.49. The van der Waals surface area contributed by atoms with E-state index < -0.39 is 0 Å². The van der Waals surface area contributed by atoms with Gasteiger partial charge in [0.25, 0.3) is 5.91 Å². The molecule has 0 radical (unpaired) electrons. The first-order valence-corrected chi connectivity index (χ1v) is 11.5. The SMILES string of the molecule is CCOC(=O)N1CCC(NC(=O)C[NH+](Cc2cccs2)Cc2cccs2)CC1. The van der Waals surface area contributed by atoms with E-state index in [1.54, 1.807) is 27.6 Å². The molecule has 28 heavy (non-hydrogen) atoms. The highest BCUT2D eigenvalue weighted by molar-refractivity contribution is 7.10. The minimum atomic E-state index is -0.255. The van der Waals surface area contributed by atoms with Crippen LogP contribution in [0.1, 0.15) is 29.5 Å². The maximum absolute atomic E-state index is 12.7. The number of carbonyl (C=O) groups excluding carboxylic acids is 2. The second-order valence-electron chi connectivity index (χ2n) is 6.97. The second-order valence-corrected chi connectivity index (χ2v) is 9.03. The lowest BCUT2D eigenvalue weighted by Crippen LogP contribution is -3.10. The van der Waals surface area contributed by atoms with Crippen molar-refractivity contribution in [2.45, 2.75) is 38.9 Å². The molecule has 1 saturated heterocycles. The number of hydrogen-bond donors (Lipinski definition) is 2. The molecule has 3 rings (SSSR count). The fourth-order valence-electron chi connectivity index (χ4n) is 3.43. The normalized spacial score (nSPS) is 15.0. The topological polar surface area (TPSA) is 63.1 Å². The van der Waals surface area contributed by atoms with Crippen LogP contribution in [0.4, 0.5) is 4.79 Å². The van der Waals surface area contributed by atoms with Crippen LogP contribution >= 0.6 is 22.7 Å². The highest BCUT2D eigenvalue weighted by Gasteiger charge is 2.26. The minimum Gasteiger partial charge on any atom is -0.450 e. The van der Waals surface area contributed by atoms with Gasteiger partial charge in [-0.05, 0) is 42.7 Å². The maximum Gasteiger partial charge on any atom is 0.409 e. The molecule has 1 aliphatic heterocycles. The summed E-state index contributed by atoms with van der Waals surface area (Å²) in [4.78, 5) is 30.0. The van der Waals surface area contributed by atoms with Crippen molar-refractivity contribution in [1.29, 1.82) is 0 Å². The van der Waals surface area contributed by atoms with Crippen molar-refractivity contribution < 1.29 is 19.2 Å². The van der Waals surface area contributed by atoms with E-state index in [1.807, 2.05) is 6.92 Å². The van der Waals surface area contributed by atoms with Gasteiger partial charge in [-0.25, -0.2) is 4.79 Å². The van der Waals surface area contributed by atoms with Crippen LogP contribution in [0.15, 0.2) is 35.0 Å². The lowest BCUT2D eigenvalue weighted by molar-refractivity contribution is -0.919. The Labute approximate surface area is 174 Å². The van der Waals surface area contributed by atoms with E-state index >= 15 is 0 Å². The van der Waals surface area contributed by atoms with E-state index in [-0.39, 0.29) is 18.0 Å². The summed E-state index contributed by atoms with van der Waals surface area (Å²) in [7, 11) is 0. The summed E-state index contributed by atoms with van der Waals surface area (Å²) in [6.07, 6.45) is 1.29. The molecule has 1 fully saturated rings. The Morgan fingerprint density at radius 3 is 2.25 bits per heavy atom. The monoisotopic (exact) mass is 422 g/mol. The number of ether oxygens (including phenoxy) is 1. The third-order valence-corrected chi connectivity index (χ3v) is 6.56. The Kier molecular flexibility index (Phi) is 7.88. The number of nitrogens with one attached hydrogen (secondary N) is 2. The van der Waals surface area contributed by atoms with Gasteiger partial charge in [-0.15, -0.1) is 22.7 Å². The van der Waals surface area contributed by atoms with Crippen molar-refractivity contribution in [3.63, 3.8) is 0 Å². The summed E-state index contributed by atoms with van der Waals surface area (Å²) in [6.45, 7) is 5.62. The maximum atomic E-state index is 12.7. The summed E-state index contributed by atoms with van der Waals surface area (Å²) in [5.41, 5.74) is 0. The van der Waals surface area contributed by atoms with Crippen molar-refractivity contribution in [2.24, 2.45) is 0 Å². The van der Waals surface area contributed by atoms with Crippen LogP contribution < -0.4 is 10.2 Å². The van der Waals surface area contributed by atoms with E-state index in [0.29, 0.717) is 26.2 Å². The van der Waals surface area contributed by atoms with Gasteiger partial charge in [-0.3, -0.25) is 4.79 Å². The van der Waals surface area contributed by atoms with Crippen LogP contribution in [0.25, 0.3) is 0 Å². The van der Waals surface area contributed by atoms with Crippen LogP contribution in [0.3, 0.4) is 0 Å². The minimum absolute atomic E-state index is 0.0812. The van der Waals surface area contributed by atoms with E-state index in [1.165, 1.54) is 14.7 Å². The fraction of sp³-hybridized carbons (Fsp3) is 0.500. The number of nitrogens with zero attached hydrogens (tertiary/aromatic N) is 1. The smallest absolute Gasteiger partial charge is 0.409 e. The van der Waals surface area contributed by atoms with E-state index in [2.05, 4.69) is 40.3 Å². The molecule has 0 aromatic carbocycles. The molecule has 0 atom stereocenters. The molecule has 8 heteroatoms. The van der Waals surface area contributed by atoms with E-state index in [0.717, 1.165) is 25.9 Å². The molecule has 2 aromatic heterocycles. The highest BCUT2D eigenvalue weighted by Crippen LogP contribution is 2.12. The number of thiophene rings is 2. The third-order valence-electron chi connectivity index (χ3n) is 4.81. The standard InChI is InChI=1S/C20H27N3O3S2/c1-2-26-20(25)23-9-7-16(8-10-23)21-19(24)15-22(13-17-5-3-11-27-17)14-18-6-4-12-28-18/h3-6,11-12,16H,2,7-10,13-15H2,1H3,(H,21,24)/p+1. The molecule has 0 bridgehead atoms. The van der Waals surface area contributed by atoms with Gasteiger partial charge in [0.1, 0.15) is 13.1 Å². The van der Waals surface area contributed by atoms with Crippen LogP contribution in [0, 0.1) is 0 Å². The largest absolute Gasteiger partial charge is 0.450 e. The molecular weight excluding hydrogens is 394 g/mol. The number of hydrogen-bond acceptors (Lipinski definition) is 5. The number of piperidine rings is 1. The predicted octanol–water partition coefficient (Wildman–Crippen LogP) is 2.13. The number of likely N-dealkylation sites (tertiary alicyclic amines) is 1. The van der Waals surface area contributed by atoms with Crippen LogP contribution in [0.2, 0.25) is 0 Å². The first-order chi connectivity index (χ1) is 13.6. The quantitative estimate of drug-likeness (QED) is 0.685. The molecule has 3 heterocycles. The van der Waals surface area contributed by atoms with Gasteiger partial charge in [0, 0.05) is 19.1 Å². The van der Waals surface area contributed by atoms with Gasteiger partial charge in [0.15, 0.2) is 6.54 Å². The van der Waals surface area contributed by atoms with Crippen molar-refractivity contribution in [3.8, 4) is 0 Å². The first kappa shape index (κ1) is 20.8. The molecule has 0 unspecified atom stereocenters. The average Bonchev–Trinajstić information content (AvgIpc) is 3.36. The van der Waals surface area contributed by atoms with Gasteiger partial charge in [-0.2, -0.15) is 0 Å².